The molecule has 0 bridgehead atoms. The third-order valence-corrected chi connectivity index (χ3v) is 3.63. The zero-order chi connectivity index (χ0) is 12.5. The van der Waals surface area contributed by atoms with Gasteiger partial charge in [-0.1, -0.05) is 30.3 Å². The van der Waals surface area contributed by atoms with Crippen molar-refractivity contribution in [2.24, 2.45) is 5.84 Å². The van der Waals surface area contributed by atoms with Crippen LogP contribution in [0.3, 0.4) is 0 Å². The second kappa shape index (κ2) is 4.36. The number of hydrogen-bond donors (Lipinski definition) is 2. The number of hydrogen-bond acceptors (Lipinski definition) is 5. The molecule has 0 spiro atoms. The molecule has 0 atom stereocenters. The average Bonchev–Trinajstić information content (AvgIpc) is 2.78. The van der Waals surface area contributed by atoms with Crippen molar-refractivity contribution in [3.8, 4) is 11.4 Å². The molecule has 0 radical (unpaired) electrons. The number of nitrogen functional groups attached to an aromatic ring is 1. The summed E-state index contributed by atoms with van der Waals surface area (Å²) in [5.41, 5.74) is 3.64. The third-order valence-electron chi connectivity index (χ3n) is 2.68. The van der Waals surface area contributed by atoms with E-state index in [2.05, 4.69) is 22.3 Å². The van der Waals surface area contributed by atoms with Crippen LogP contribution in [-0.2, 0) is 0 Å². The lowest BCUT2D eigenvalue weighted by molar-refractivity contribution is 1.19. The van der Waals surface area contributed by atoms with Gasteiger partial charge >= 0.3 is 0 Å². The summed E-state index contributed by atoms with van der Waals surface area (Å²) in [5, 5.41) is 0.972. The van der Waals surface area contributed by atoms with Gasteiger partial charge in [0.2, 0.25) is 0 Å². The van der Waals surface area contributed by atoms with Gasteiger partial charge in [0.15, 0.2) is 11.6 Å². The Morgan fingerprint density at radius 1 is 1.17 bits per heavy atom. The molecule has 90 valence electrons. The van der Waals surface area contributed by atoms with Gasteiger partial charge in [-0.2, -0.15) is 0 Å². The Morgan fingerprint density at radius 3 is 2.67 bits per heavy atom. The maximum atomic E-state index is 5.54. The van der Waals surface area contributed by atoms with E-state index in [0.717, 1.165) is 15.8 Å². The van der Waals surface area contributed by atoms with Crippen molar-refractivity contribution in [1.29, 1.82) is 0 Å². The molecule has 0 fully saturated rings. The lowest BCUT2D eigenvalue weighted by Gasteiger charge is -2.04. The molecule has 0 aliphatic carbocycles. The molecule has 3 rings (SSSR count). The predicted molar refractivity (Wildman–Crippen MR) is 75.4 cm³/mol. The smallest absolute Gasteiger partial charge is 0.163 e. The van der Waals surface area contributed by atoms with Crippen LogP contribution in [0.2, 0.25) is 0 Å². The molecule has 1 aromatic carbocycles. The highest BCUT2D eigenvalue weighted by atomic mass is 32.1. The zero-order valence-electron chi connectivity index (χ0n) is 9.84. The van der Waals surface area contributed by atoms with Gasteiger partial charge in [-0.15, -0.1) is 11.3 Å². The summed E-state index contributed by atoms with van der Waals surface area (Å²) in [7, 11) is 0. The third kappa shape index (κ3) is 1.83. The first-order chi connectivity index (χ1) is 8.78. The van der Waals surface area contributed by atoms with Crippen molar-refractivity contribution in [3.05, 3.63) is 41.3 Å². The minimum Gasteiger partial charge on any atom is -0.308 e. The molecule has 0 saturated carbocycles. The fraction of sp³-hybridized carbons (Fsp3) is 0.0769. The van der Waals surface area contributed by atoms with Crippen LogP contribution < -0.4 is 11.3 Å². The molecule has 3 aromatic rings. The summed E-state index contributed by atoms with van der Waals surface area (Å²) in [5.74, 6) is 6.90. The van der Waals surface area contributed by atoms with Crippen molar-refractivity contribution in [3.63, 3.8) is 0 Å². The molecule has 0 unspecified atom stereocenters. The second-order valence-electron chi connectivity index (χ2n) is 3.98. The Labute approximate surface area is 108 Å². The molecule has 18 heavy (non-hydrogen) atoms. The van der Waals surface area contributed by atoms with E-state index in [1.54, 1.807) is 11.3 Å². The Morgan fingerprint density at radius 2 is 1.94 bits per heavy atom. The lowest BCUT2D eigenvalue weighted by Crippen LogP contribution is -2.09. The summed E-state index contributed by atoms with van der Waals surface area (Å²) < 4.78 is 0. The van der Waals surface area contributed by atoms with Crippen LogP contribution in [0.25, 0.3) is 21.6 Å². The molecule has 0 aliphatic rings. The largest absolute Gasteiger partial charge is 0.308 e. The number of anilines is 1. The Hall–Kier alpha value is -1.98. The first kappa shape index (κ1) is 11.1. The van der Waals surface area contributed by atoms with Crippen LogP contribution in [0, 0.1) is 6.92 Å². The van der Waals surface area contributed by atoms with Gasteiger partial charge in [0, 0.05) is 10.4 Å². The van der Waals surface area contributed by atoms with E-state index in [4.69, 9.17) is 5.84 Å². The van der Waals surface area contributed by atoms with E-state index in [0.29, 0.717) is 11.6 Å². The van der Waals surface area contributed by atoms with Crippen molar-refractivity contribution in [2.45, 2.75) is 6.92 Å². The SMILES string of the molecule is Cc1cc2c(NN)nc(-c3ccccc3)nc2s1. The first-order valence-electron chi connectivity index (χ1n) is 5.58. The number of aryl methyl sites for hydroxylation is 1. The van der Waals surface area contributed by atoms with E-state index in [1.165, 1.54) is 4.88 Å². The number of nitrogens with one attached hydrogen (secondary N) is 1. The molecule has 0 saturated heterocycles. The van der Waals surface area contributed by atoms with E-state index in [1.807, 2.05) is 36.4 Å². The molecule has 4 nitrogen and oxygen atoms in total. The van der Waals surface area contributed by atoms with Crippen LogP contribution in [-0.4, -0.2) is 9.97 Å². The van der Waals surface area contributed by atoms with Crippen LogP contribution in [0.15, 0.2) is 36.4 Å². The molecular weight excluding hydrogens is 244 g/mol. The molecule has 3 N–H and O–H groups in total. The highest BCUT2D eigenvalue weighted by Crippen LogP contribution is 2.30. The summed E-state index contributed by atoms with van der Waals surface area (Å²) >= 11 is 1.64. The highest BCUT2D eigenvalue weighted by molar-refractivity contribution is 7.18. The first-order valence-corrected chi connectivity index (χ1v) is 6.40. The molecule has 2 heterocycles. The number of aromatic nitrogens is 2. The van der Waals surface area contributed by atoms with Crippen molar-refractivity contribution in [2.75, 3.05) is 5.43 Å². The minimum atomic E-state index is 0.670. The number of fused-ring (bicyclic) bond motifs is 1. The average molecular weight is 256 g/mol. The molecule has 0 aliphatic heterocycles. The number of thiophene rings is 1. The topological polar surface area (TPSA) is 63.8 Å². The standard InChI is InChI=1S/C13H12N4S/c1-8-7-10-12(17-14)15-11(16-13(10)18-8)9-5-3-2-4-6-9/h2-7H,14H2,1H3,(H,15,16,17). The molecule has 0 amide bonds. The summed E-state index contributed by atoms with van der Waals surface area (Å²) in [6.45, 7) is 2.05. The predicted octanol–water partition coefficient (Wildman–Crippen LogP) is 2.95. The zero-order valence-corrected chi connectivity index (χ0v) is 10.7. The Balaban J connectivity index is 2.25. The van der Waals surface area contributed by atoms with E-state index in [-0.39, 0.29) is 0 Å². The quantitative estimate of drug-likeness (QED) is 0.546. The van der Waals surface area contributed by atoms with Crippen LogP contribution in [0.4, 0.5) is 5.82 Å². The normalized spacial score (nSPS) is 10.8. The lowest BCUT2D eigenvalue weighted by atomic mass is 10.2. The second-order valence-corrected chi connectivity index (χ2v) is 5.22. The maximum absolute atomic E-state index is 5.54. The Kier molecular flexibility index (Phi) is 2.70. The fourth-order valence-electron chi connectivity index (χ4n) is 1.87. The Bertz CT molecular complexity index is 691. The van der Waals surface area contributed by atoms with Gasteiger partial charge in [0.25, 0.3) is 0 Å². The van der Waals surface area contributed by atoms with Crippen molar-refractivity contribution in [1.82, 2.24) is 9.97 Å². The number of nitrogens with two attached hydrogens (primary N) is 1. The minimum absolute atomic E-state index is 0.670. The number of nitrogens with zero attached hydrogens (tertiary/aromatic N) is 2. The monoisotopic (exact) mass is 256 g/mol. The van der Waals surface area contributed by atoms with Gasteiger partial charge in [-0.3, -0.25) is 0 Å². The van der Waals surface area contributed by atoms with Crippen LogP contribution in [0.1, 0.15) is 4.88 Å². The maximum Gasteiger partial charge on any atom is 0.163 e. The van der Waals surface area contributed by atoms with Crippen LogP contribution in [0.5, 0.6) is 0 Å². The van der Waals surface area contributed by atoms with E-state index in [9.17, 15) is 0 Å². The van der Waals surface area contributed by atoms with Crippen molar-refractivity contribution >= 4 is 27.4 Å². The van der Waals surface area contributed by atoms with Gasteiger partial charge in [0.1, 0.15) is 4.83 Å². The van der Waals surface area contributed by atoms with Gasteiger partial charge in [-0.05, 0) is 13.0 Å². The molecule has 2 aromatic heterocycles. The number of hydrazine groups is 1. The van der Waals surface area contributed by atoms with Crippen LogP contribution >= 0.6 is 11.3 Å². The number of benzene rings is 1. The molecule has 5 heteroatoms. The summed E-state index contributed by atoms with van der Waals surface area (Å²) in [6.07, 6.45) is 0. The summed E-state index contributed by atoms with van der Waals surface area (Å²) in [6, 6.07) is 11.9. The van der Waals surface area contributed by atoms with Gasteiger partial charge in [0.05, 0.1) is 5.39 Å². The fourth-order valence-corrected chi connectivity index (χ4v) is 2.75. The number of rotatable bonds is 2. The van der Waals surface area contributed by atoms with Gasteiger partial charge in [-0.25, -0.2) is 15.8 Å². The van der Waals surface area contributed by atoms with Gasteiger partial charge < -0.3 is 5.43 Å². The highest BCUT2D eigenvalue weighted by Gasteiger charge is 2.10. The van der Waals surface area contributed by atoms with Crippen molar-refractivity contribution < 1.29 is 0 Å². The van der Waals surface area contributed by atoms with E-state index < -0.39 is 0 Å². The molecular formula is C13H12N4S. The van der Waals surface area contributed by atoms with E-state index >= 15 is 0 Å². The summed E-state index contributed by atoms with van der Waals surface area (Å²) in [4.78, 5) is 11.2.